The van der Waals surface area contributed by atoms with Gasteiger partial charge in [0.1, 0.15) is 0 Å². The molecule has 2 amide bonds. The largest absolute Gasteiger partial charge is 0.350 e. The van der Waals surface area contributed by atoms with Crippen molar-refractivity contribution < 1.29 is 9.59 Å². The average molecular weight is 417 g/mol. The monoisotopic (exact) mass is 416 g/mol. The fourth-order valence-corrected chi connectivity index (χ4v) is 10.0. The summed E-state index contributed by atoms with van der Waals surface area (Å²) in [6, 6.07) is 0. The SMILES string of the molecule is O=C(CSCC(=O)NC12CC3CC(CC(C3)C1)C2)NC12CC3CC(CC(C3)C1)C2. The van der Waals surface area contributed by atoms with Gasteiger partial charge in [-0.1, -0.05) is 0 Å². The van der Waals surface area contributed by atoms with E-state index in [1.807, 2.05) is 0 Å². The van der Waals surface area contributed by atoms with Crippen LogP contribution in [0.3, 0.4) is 0 Å². The fraction of sp³-hybridized carbons (Fsp3) is 0.917. The van der Waals surface area contributed by atoms with E-state index in [1.54, 1.807) is 0 Å². The van der Waals surface area contributed by atoms with Crippen LogP contribution in [0.5, 0.6) is 0 Å². The Hall–Kier alpha value is -0.710. The second kappa shape index (κ2) is 6.90. The number of hydrogen-bond acceptors (Lipinski definition) is 3. The molecule has 0 aromatic heterocycles. The molecule has 8 saturated carbocycles. The molecule has 0 spiro atoms. The summed E-state index contributed by atoms with van der Waals surface area (Å²) in [5.41, 5.74) is 0.182. The second-order valence-electron chi connectivity index (χ2n) is 12.0. The molecule has 0 unspecified atom stereocenters. The molecular formula is C24H36N2O2S. The Morgan fingerprint density at radius 3 is 1.14 bits per heavy atom. The summed E-state index contributed by atoms with van der Waals surface area (Å²) in [6.45, 7) is 0. The average Bonchev–Trinajstić information content (AvgIpc) is 2.58. The molecule has 8 bridgehead atoms. The molecule has 0 aliphatic heterocycles. The Morgan fingerprint density at radius 1 is 0.586 bits per heavy atom. The van der Waals surface area contributed by atoms with Crippen molar-refractivity contribution in [3.63, 3.8) is 0 Å². The summed E-state index contributed by atoms with van der Waals surface area (Å²) in [5, 5.41) is 6.87. The molecule has 8 aliphatic rings. The molecule has 8 fully saturated rings. The van der Waals surface area contributed by atoms with Crippen LogP contribution in [-0.4, -0.2) is 34.4 Å². The van der Waals surface area contributed by atoms with Gasteiger partial charge in [0.15, 0.2) is 0 Å². The van der Waals surface area contributed by atoms with Gasteiger partial charge in [-0.15, -0.1) is 11.8 Å². The molecule has 5 heteroatoms. The van der Waals surface area contributed by atoms with E-state index in [0.717, 1.165) is 35.5 Å². The van der Waals surface area contributed by atoms with E-state index in [4.69, 9.17) is 0 Å². The predicted octanol–water partition coefficient (Wildman–Crippen LogP) is 3.89. The molecule has 0 heterocycles. The summed E-state index contributed by atoms with van der Waals surface area (Å²) in [4.78, 5) is 25.3. The summed E-state index contributed by atoms with van der Waals surface area (Å²) in [5.74, 6) is 6.24. The zero-order valence-corrected chi connectivity index (χ0v) is 18.4. The van der Waals surface area contributed by atoms with Crippen LogP contribution in [0.2, 0.25) is 0 Å². The first-order chi connectivity index (χ1) is 14.0. The van der Waals surface area contributed by atoms with Gasteiger partial charge in [-0.25, -0.2) is 0 Å². The highest BCUT2D eigenvalue weighted by Gasteiger charge is 2.52. The number of thioether (sulfide) groups is 1. The third-order valence-electron chi connectivity index (χ3n) is 9.35. The van der Waals surface area contributed by atoms with E-state index < -0.39 is 0 Å². The van der Waals surface area contributed by atoms with Crippen molar-refractivity contribution >= 4 is 23.6 Å². The van der Waals surface area contributed by atoms with Crippen molar-refractivity contribution in [3.05, 3.63) is 0 Å². The van der Waals surface area contributed by atoms with Crippen LogP contribution in [0.4, 0.5) is 0 Å². The first kappa shape index (κ1) is 19.0. The molecule has 0 aromatic rings. The van der Waals surface area contributed by atoms with Gasteiger partial charge in [-0.2, -0.15) is 0 Å². The van der Waals surface area contributed by atoms with E-state index in [0.29, 0.717) is 11.5 Å². The molecule has 8 aliphatic carbocycles. The summed E-state index contributed by atoms with van der Waals surface area (Å²) in [6.07, 6.45) is 15.6. The minimum atomic E-state index is 0.0911. The minimum Gasteiger partial charge on any atom is -0.350 e. The summed E-state index contributed by atoms with van der Waals surface area (Å²) < 4.78 is 0. The standard InChI is InChI=1S/C24H36N2O2S/c27-21(25-23-7-15-1-16(8-23)3-17(2-15)9-23)13-29-14-22(28)26-24-10-18-4-19(11-24)6-20(5-18)12-24/h15-20H,1-14H2,(H,25,27)(H,26,28). The van der Waals surface area contributed by atoms with Gasteiger partial charge in [0.2, 0.25) is 11.8 Å². The van der Waals surface area contributed by atoms with Gasteiger partial charge in [-0.3, -0.25) is 9.59 Å². The lowest BCUT2D eigenvalue weighted by Crippen LogP contribution is -2.60. The van der Waals surface area contributed by atoms with Gasteiger partial charge in [0.25, 0.3) is 0 Å². The Kier molecular flexibility index (Phi) is 4.52. The van der Waals surface area contributed by atoms with Crippen molar-refractivity contribution in [3.8, 4) is 0 Å². The predicted molar refractivity (Wildman–Crippen MR) is 115 cm³/mol. The van der Waals surface area contributed by atoms with Crippen molar-refractivity contribution in [2.24, 2.45) is 35.5 Å². The van der Waals surface area contributed by atoms with Gasteiger partial charge >= 0.3 is 0 Å². The van der Waals surface area contributed by atoms with Crippen LogP contribution in [0.15, 0.2) is 0 Å². The third kappa shape index (κ3) is 3.64. The van der Waals surface area contributed by atoms with E-state index in [-0.39, 0.29) is 22.9 Å². The molecule has 0 radical (unpaired) electrons. The number of hydrogen-bond donors (Lipinski definition) is 2. The van der Waals surface area contributed by atoms with Crippen LogP contribution in [0, 0.1) is 35.5 Å². The Balaban J connectivity index is 0.975. The van der Waals surface area contributed by atoms with E-state index in [9.17, 15) is 9.59 Å². The third-order valence-corrected chi connectivity index (χ3v) is 10.3. The summed E-state index contributed by atoms with van der Waals surface area (Å²) in [7, 11) is 0. The molecular weight excluding hydrogens is 380 g/mol. The Bertz CT molecular complexity index is 576. The zero-order chi connectivity index (χ0) is 19.6. The number of carbonyl (C=O) groups is 2. The van der Waals surface area contributed by atoms with E-state index >= 15 is 0 Å². The maximum Gasteiger partial charge on any atom is 0.230 e. The highest BCUT2D eigenvalue weighted by Crippen LogP contribution is 2.56. The van der Waals surface area contributed by atoms with Crippen molar-refractivity contribution in [2.45, 2.75) is 88.1 Å². The Morgan fingerprint density at radius 2 is 0.862 bits per heavy atom. The van der Waals surface area contributed by atoms with Gasteiger partial charge in [-0.05, 0) is 113 Å². The van der Waals surface area contributed by atoms with Crippen LogP contribution in [0.1, 0.15) is 77.0 Å². The molecule has 0 atom stereocenters. The van der Waals surface area contributed by atoms with Gasteiger partial charge in [0.05, 0.1) is 11.5 Å². The smallest absolute Gasteiger partial charge is 0.230 e. The van der Waals surface area contributed by atoms with E-state index in [2.05, 4.69) is 10.6 Å². The number of carbonyl (C=O) groups excluding carboxylic acids is 2. The molecule has 4 nitrogen and oxygen atoms in total. The lowest BCUT2D eigenvalue weighted by atomic mass is 9.53. The number of amides is 2. The zero-order valence-electron chi connectivity index (χ0n) is 17.6. The van der Waals surface area contributed by atoms with Crippen molar-refractivity contribution in [1.82, 2.24) is 10.6 Å². The molecule has 8 rings (SSSR count). The highest BCUT2D eigenvalue weighted by molar-refractivity contribution is 8.00. The summed E-state index contributed by atoms with van der Waals surface area (Å²) >= 11 is 1.50. The van der Waals surface area contributed by atoms with Crippen LogP contribution in [-0.2, 0) is 9.59 Å². The van der Waals surface area contributed by atoms with E-state index in [1.165, 1.54) is 88.8 Å². The molecule has 2 N–H and O–H groups in total. The first-order valence-corrected chi connectivity index (χ1v) is 13.3. The molecule has 29 heavy (non-hydrogen) atoms. The van der Waals surface area contributed by atoms with Crippen molar-refractivity contribution in [1.29, 1.82) is 0 Å². The van der Waals surface area contributed by atoms with Gasteiger partial charge < -0.3 is 10.6 Å². The van der Waals surface area contributed by atoms with Crippen LogP contribution in [0.25, 0.3) is 0 Å². The fourth-order valence-electron chi connectivity index (χ4n) is 9.43. The lowest BCUT2D eigenvalue weighted by Gasteiger charge is -2.57. The molecule has 0 aromatic carbocycles. The topological polar surface area (TPSA) is 58.2 Å². The van der Waals surface area contributed by atoms with Crippen molar-refractivity contribution in [2.75, 3.05) is 11.5 Å². The molecule has 0 saturated heterocycles. The second-order valence-corrected chi connectivity index (χ2v) is 13.0. The normalized spacial score (nSPS) is 48.7. The van der Waals surface area contributed by atoms with Gasteiger partial charge in [0, 0.05) is 11.1 Å². The quantitative estimate of drug-likeness (QED) is 0.691. The number of nitrogens with one attached hydrogen (secondary N) is 2. The lowest BCUT2D eigenvalue weighted by molar-refractivity contribution is -0.124. The highest BCUT2D eigenvalue weighted by atomic mass is 32.2. The first-order valence-electron chi connectivity index (χ1n) is 12.2. The minimum absolute atomic E-state index is 0.0911. The van der Waals surface area contributed by atoms with Crippen LogP contribution < -0.4 is 10.6 Å². The maximum atomic E-state index is 12.7. The molecule has 160 valence electrons. The Labute approximate surface area is 179 Å². The maximum absolute atomic E-state index is 12.7. The number of rotatable bonds is 6. The van der Waals surface area contributed by atoms with Crippen LogP contribution >= 0.6 is 11.8 Å².